The maximum atomic E-state index is 14.1. The summed E-state index contributed by atoms with van der Waals surface area (Å²) >= 11 is 1.97. The van der Waals surface area contributed by atoms with Gasteiger partial charge < -0.3 is 10.0 Å². The molecule has 1 aromatic rings. The van der Waals surface area contributed by atoms with Crippen molar-refractivity contribution in [1.29, 1.82) is 0 Å². The Balaban J connectivity index is 2.17. The Morgan fingerprint density at radius 1 is 1.56 bits per heavy atom. The van der Waals surface area contributed by atoms with Crippen LogP contribution in [-0.2, 0) is 0 Å². The Labute approximate surface area is 112 Å². The lowest BCUT2D eigenvalue weighted by Gasteiger charge is -2.34. The quantitative estimate of drug-likeness (QED) is 0.911. The first-order valence-electron chi connectivity index (χ1n) is 6.46. The van der Waals surface area contributed by atoms with Crippen molar-refractivity contribution in [3.05, 3.63) is 29.6 Å². The van der Waals surface area contributed by atoms with Crippen molar-refractivity contribution < 1.29 is 9.50 Å². The van der Waals surface area contributed by atoms with Crippen molar-refractivity contribution in [2.75, 3.05) is 23.7 Å². The first-order chi connectivity index (χ1) is 8.61. The molecule has 2 unspecified atom stereocenters. The fourth-order valence-corrected chi connectivity index (χ4v) is 3.40. The summed E-state index contributed by atoms with van der Waals surface area (Å²) in [7, 11) is 0. The summed E-state index contributed by atoms with van der Waals surface area (Å²) in [5.74, 6) is 0.825. The molecule has 0 amide bonds. The second-order valence-electron chi connectivity index (χ2n) is 4.73. The van der Waals surface area contributed by atoms with Gasteiger partial charge in [-0.2, -0.15) is 11.8 Å². The molecule has 100 valence electrons. The van der Waals surface area contributed by atoms with E-state index in [9.17, 15) is 9.50 Å². The lowest BCUT2D eigenvalue weighted by Crippen LogP contribution is -2.38. The maximum absolute atomic E-state index is 14.1. The molecule has 1 saturated heterocycles. The first-order valence-corrected chi connectivity index (χ1v) is 7.50. The number of nitrogens with zero attached hydrogens (tertiary/aromatic N) is 1. The topological polar surface area (TPSA) is 23.5 Å². The average Bonchev–Trinajstić information content (AvgIpc) is 2.38. The Morgan fingerprint density at radius 3 is 2.94 bits per heavy atom. The zero-order valence-electron chi connectivity index (χ0n) is 10.9. The third kappa shape index (κ3) is 2.98. The third-order valence-electron chi connectivity index (χ3n) is 3.39. The summed E-state index contributed by atoms with van der Waals surface area (Å²) in [5, 5.41) is 10.0. The van der Waals surface area contributed by atoms with Crippen LogP contribution in [0, 0.1) is 5.82 Å². The van der Waals surface area contributed by atoms with Gasteiger partial charge in [0.05, 0.1) is 11.8 Å². The molecule has 0 bridgehead atoms. The van der Waals surface area contributed by atoms with Gasteiger partial charge in [0.2, 0.25) is 0 Å². The van der Waals surface area contributed by atoms with Crippen LogP contribution in [0.15, 0.2) is 18.2 Å². The highest BCUT2D eigenvalue weighted by molar-refractivity contribution is 8.00. The van der Waals surface area contributed by atoms with Crippen molar-refractivity contribution in [3.8, 4) is 0 Å². The molecular formula is C14H20FNOS. The van der Waals surface area contributed by atoms with Crippen LogP contribution in [0.2, 0.25) is 0 Å². The Morgan fingerprint density at radius 2 is 2.33 bits per heavy atom. The fourth-order valence-electron chi connectivity index (χ4n) is 2.22. The van der Waals surface area contributed by atoms with Crippen LogP contribution < -0.4 is 4.90 Å². The molecule has 1 aliphatic heterocycles. The van der Waals surface area contributed by atoms with Gasteiger partial charge in [-0.3, -0.25) is 0 Å². The van der Waals surface area contributed by atoms with E-state index in [0.29, 0.717) is 16.5 Å². The Kier molecular flexibility index (Phi) is 4.51. The minimum atomic E-state index is -0.617. The minimum Gasteiger partial charge on any atom is -0.389 e. The largest absolute Gasteiger partial charge is 0.389 e. The molecule has 18 heavy (non-hydrogen) atoms. The van der Waals surface area contributed by atoms with Crippen molar-refractivity contribution >= 4 is 17.4 Å². The predicted molar refractivity (Wildman–Crippen MR) is 75.8 cm³/mol. The van der Waals surface area contributed by atoms with Crippen LogP contribution in [0.4, 0.5) is 10.1 Å². The molecule has 0 saturated carbocycles. The van der Waals surface area contributed by atoms with Gasteiger partial charge in [-0.25, -0.2) is 4.39 Å². The maximum Gasteiger partial charge on any atom is 0.146 e. The van der Waals surface area contributed by atoms with Crippen molar-refractivity contribution in [2.45, 2.75) is 31.6 Å². The molecule has 0 spiro atoms. The van der Waals surface area contributed by atoms with E-state index in [4.69, 9.17) is 0 Å². The van der Waals surface area contributed by atoms with Crippen molar-refractivity contribution in [1.82, 2.24) is 0 Å². The van der Waals surface area contributed by atoms with E-state index >= 15 is 0 Å². The summed E-state index contributed by atoms with van der Waals surface area (Å²) in [6.45, 7) is 5.63. The summed E-state index contributed by atoms with van der Waals surface area (Å²) in [6, 6.07) is 5.05. The zero-order valence-corrected chi connectivity index (χ0v) is 11.7. The van der Waals surface area contributed by atoms with Crippen molar-refractivity contribution in [3.63, 3.8) is 0 Å². The molecule has 2 atom stereocenters. The monoisotopic (exact) mass is 269 g/mol. The van der Waals surface area contributed by atoms with Gasteiger partial charge >= 0.3 is 0 Å². The number of anilines is 1. The van der Waals surface area contributed by atoms with Gasteiger partial charge in [-0.05, 0) is 31.0 Å². The molecule has 4 heteroatoms. The smallest absolute Gasteiger partial charge is 0.146 e. The number of hydrogen-bond acceptors (Lipinski definition) is 3. The van der Waals surface area contributed by atoms with Gasteiger partial charge in [0, 0.05) is 24.1 Å². The van der Waals surface area contributed by atoms with E-state index in [-0.39, 0.29) is 5.82 Å². The lowest BCUT2D eigenvalue weighted by atomic mass is 10.1. The predicted octanol–water partition coefficient (Wildman–Crippen LogP) is 3.21. The van der Waals surface area contributed by atoms with Gasteiger partial charge in [0.15, 0.2) is 0 Å². The van der Waals surface area contributed by atoms with Gasteiger partial charge in [0.25, 0.3) is 0 Å². The number of thioether (sulfide) groups is 1. The lowest BCUT2D eigenvalue weighted by molar-refractivity contribution is 0.199. The van der Waals surface area contributed by atoms with E-state index in [1.165, 1.54) is 6.07 Å². The van der Waals surface area contributed by atoms with E-state index in [2.05, 4.69) is 11.8 Å². The highest BCUT2D eigenvalue weighted by Gasteiger charge is 2.21. The molecule has 1 aromatic carbocycles. The van der Waals surface area contributed by atoms with Gasteiger partial charge in [0.1, 0.15) is 5.82 Å². The molecule has 1 fully saturated rings. The number of aliphatic hydroxyl groups excluding tert-OH is 1. The number of hydrogen-bond donors (Lipinski definition) is 1. The molecule has 1 heterocycles. The van der Waals surface area contributed by atoms with Crippen LogP contribution in [-0.4, -0.2) is 29.2 Å². The standard InChI is InChI=1S/C14H20FNOS/c1-3-12-9-16(6-7-18-12)14-5-4-11(10(2)17)8-13(14)15/h4-5,8,10,12,17H,3,6-7,9H2,1-2H3. The van der Waals surface area contributed by atoms with Crippen LogP contribution in [0.25, 0.3) is 0 Å². The van der Waals surface area contributed by atoms with Gasteiger partial charge in [-0.1, -0.05) is 13.0 Å². The molecule has 2 rings (SSSR count). The van der Waals surface area contributed by atoms with E-state index in [0.717, 1.165) is 25.3 Å². The third-order valence-corrected chi connectivity index (χ3v) is 4.76. The van der Waals surface area contributed by atoms with Crippen LogP contribution >= 0.6 is 11.8 Å². The van der Waals surface area contributed by atoms with Crippen molar-refractivity contribution in [2.24, 2.45) is 0 Å². The van der Waals surface area contributed by atoms with E-state index in [1.54, 1.807) is 13.0 Å². The fraction of sp³-hybridized carbons (Fsp3) is 0.571. The number of benzene rings is 1. The summed E-state index contributed by atoms with van der Waals surface area (Å²) in [6.07, 6.45) is 0.503. The molecule has 1 aliphatic rings. The zero-order chi connectivity index (χ0) is 13.1. The molecule has 1 N–H and O–H groups in total. The first kappa shape index (κ1) is 13.7. The van der Waals surface area contributed by atoms with Gasteiger partial charge in [-0.15, -0.1) is 0 Å². The van der Waals surface area contributed by atoms with Crippen LogP contribution in [0.5, 0.6) is 0 Å². The molecule has 0 aromatic heterocycles. The molecule has 2 nitrogen and oxygen atoms in total. The Hall–Kier alpha value is -0.740. The second-order valence-corrected chi connectivity index (χ2v) is 6.14. The summed E-state index contributed by atoms with van der Waals surface area (Å²) in [5.41, 5.74) is 1.30. The highest BCUT2D eigenvalue weighted by Crippen LogP contribution is 2.29. The highest BCUT2D eigenvalue weighted by atomic mass is 32.2. The molecular weight excluding hydrogens is 249 g/mol. The average molecular weight is 269 g/mol. The molecule has 0 radical (unpaired) electrons. The normalized spacial score (nSPS) is 22.0. The minimum absolute atomic E-state index is 0.227. The molecule has 0 aliphatic carbocycles. The number of rotatable bonds is 3. The second kappa shape index (κ2) is 5.93. The number of halogens is 1. The summed E-state index contributed by atoms with van der Waals surface area (Å²) < 4.78 is 14.1. The van der Waals surface area contributed by atoms with E-state index in [1.807, 2.05) is 17.8 Å². The Bertz CT molecular complexity index is 411. The van der Waals surface area contributed by atoms with Crippen LogP contribution in [0.1, 0.15) is 31.9 Å². The van der Waals surface area contributed by atoms with Crippen LogP contribution in [0.3, 0.4) is 0 Å². The number of aliphatic hydroxyl groups is 1. The summed E-state index contributed by atoms with van der Waals surface area (Å²) in [4.78, 5) is 2.12. The van der Waals surface area contributed by atoms with E-state index < -0.39 is 6.10 Å². The SMILES string of the molecule is CCC1CN(c2ccc(C(C)O)cc2F)CCS1.